The molecular formula is C26H33ClN4OS. The average Bonchev–Trinajstić information content (AvgIpc) is 3.23. The number of thioether (sulfide) groups is 1. The van der Waals surface area contributed by atoms with Gasteiger partial charge in [-0.15, -0.1) is 10.2 Å². The number of halogens is 1. The van der Waals surface area contributed by atoms with Gasteiger partial charge in [-0.1, -0.05) is 92.7 Å². The van der Waals surface area contributed by atoms with Crippen LogP contribution < -0.4 is 5.32 Å². The molecule has 3 rings (SSSR count). The van der Waals surface area contributed by atoms with Crippen molar-refractivity contribution in [3.05, 3.63) is 65.2 Å². The Bertz CT molecular complexity index is 991. The van der Waals surface area contributed by atoms with Gasteiger partial charge in [0, 0.05) is 17.1 Å². The molecule has 0 aliphatic carbocycles. The zero-order valence-corrected chi connectivity index (χ0v) is 21.0. The van der Waals surface area contributed by atoms with E-state index in [0.717, 1.165) is 35.1 Å². The first-order valence-electron chi connectivity index (χ1n) is 11.7. The van der Waals surface area contributed by atoms with E-state index in [1.54, 1.807) is 0 Å². The second-order valence-corrected chi connectivity index (χ2v) is 9.60. The summed E-state index contributed by atoms with van der Waals surface area (Å²) < 4.78 is 2.14. The van der Waals surface area contributed by atoms with Crippen LogP contribution in [0.4, 0.5) is 0 Å². The molecule has 1 amide bonds. The third-order valence-electron chi connectivity index (χ3n) is 5.56. The van der Waals surface area contributed by atoms with Crippen molar-refractivity contribution in [1.82, 2.24) is 20.1 Å². The van der Waals surface area contributed by atoms with E-state index in [2.05, 4.69) is 27.0 Å². The second-order valence-electron chi connectivity index (χ2n) is 8.22. The van der Waals surface area contributed by atoms with Gasteiger partial charge in [-0.25, -0.2) is 0 Å². The molecule has 33 heavy (non-hydrogen) atoms. The van der Waals surface area contributed by atoms with Crippen molar-refractivity contribution in [2.75, 3.05) is 5.75 Å². The lowest BCUT2D eigenvalue weighted by Gasteiger charge is -2.14. The van der Waals surface area contributed by atoms with Crippen LogP contribution in [0.1, 0.15) is 64.0 Å². The molecule has 1 N–H and O–H groups in total. The number of hydrogen-bond acceptors (Lipinski definition) is 4. The van der Waals surface area contributed by atoms with Gasteiger partial charge in [0.2, 0.25) is 5.91 Å². The van der Waals surface area contributed by atoms with E-state index in [1.807, 2.05) is 61.5 Å². The summed E-state index contributed by atoms with van der Waals surface area (Å²) in [6, 6.07) is 17.6. The fourth-order valence-corrected chi connectivity index (χ4v) is 4.60. The SMILES string of the molecule is CCCCCCCCn1c(SCC(=O)N[C@H](C)c2ccccc2)nnc1-c1ccc(Cl)cc1. The minimum absolute atomic E-state index is 0.0153. The van der Waals surface area contributed by atoms with Crippen LogP contribution in [0.2, 0.25) is 5.02 Å². The highest BCUT2D eigenvalue weighted by atomic mass is 35.5. The van der Waals surface area contributed by atoms with Crippen molar-refractivity contribution < 1.29 is 4.79 Å². The number of nitrogens with one attached hydrogen (secondary N) is 1. The van der Waals surface area contributed by atoms with Gasteiger partial charge in [0.15, 0.2) is 11.0 Å². The Morgan fingerprint density at radius 3 is 2.42 bits per heavy atom. The molecule has 0 aliphatic heterocycles. The fourth-order valence-electron chi connectivity index (χ4n) is 3.70. The van der Waals surface area contributed by atoms with E-state index in [-0.39, 0.29) is 11.9 Å². The molecule has 0 saturated carbocycles. The summed E-state index contributed by atoms with van der Waals surface area (Å²) >= 11 is 7.50. The molecule has 176 valence electrons. The third kappa shape index (κ3) is 7.90. The van der Waals surface area contributed by atoms with E-state index >= 15 is 0 Å². The molecule has 0 fully saturated rings. The van der Waals surface area contributed by atoms with Crippen molar-refractivity contribution in [3.8, 4) is 11.4 Å². The lowest BCUT2D eigenvalue weighted by atomic mass is 10.1. The number of aromatic nitrogens is 3. The van der Waals surface area contributed by atoms with E-state index < -0.39 is 0 Å². The van der Waals surface area contributed by atoms with Gasteiger partial charge in [0.1, 0.15) is 0 Å². The van der Waals surface area contributed by atoms with Crippen LogP contribution >= 0.6 is 23.4 Å². The third-order valence-corrected chi connectivity index (χ3v) is 6.78. The molecule has 0 bridgehead atoms. The van der Waals surface area contributed by atoms with Crippen LogP contribution in [-0.2, 0) is 11.3 Å². The van der Waals surface area contributed by atoms with Crippen LogP contribution in [0.5, 0.6) is 0 Å². The Balaban J connectivity index is 1.64. The molecule has 0 radical (unpaired) electrons. The summed E-state index contributed by atoms with van der Waals surface area (Å²) in [4.78, 5) is 12.6. The molecule has 0 aliphatic rings. The van der Waals surface area contributed by atoms with Crippen LogP contribution in [0, 0.1) is 0 Å². The molecule has 1 aromatic heterocycles. The number of hydrogen-bond donors (Lipinski definition) is 1. The molecular weight excluding hydrogens is 452 g/mol. The zero-order valence-electron chi connectivity index (χ0n) is 19.5. The molecule has 0 saturated heterocycles. The molecule has 1 atom stereocenters. The average molecular weight is 485 g/mol. The predicted octanol–water partition coefficient (Wildman–Crippen LogP) is 6.93. The van der Waals surface area contributed by atoms with Crippen molar-refractivity contribution in [1.29, 1.82) is 0 Å². The summed E-state index contributed by atoms with van der Waals surface area (Å²) in [5.41, 5.74) is 2.07. The monoisotopic (exact) mass is 484 g/mol. The van der Waals surface area contributed by atoms with Gasteiger partial charge in [-0.05, 0) is 43.2 Å². The predicted molar refractivity (Wildman–Crippen MR) is 138 cm³/mol. The highest BCUT2D eigenvalue weighted by molar-refractivity contribution is 7.99. The minimum Gasteiger partial charge on any atom is -0.349 e. The number of carbonyl (C=O) groups is 1. The van der Waals surface area contributed by atoms with Gasteiger partial charge in [-0.3, -0.25) is 4.79 Å². The topological polar surface area (TPSA) is 59.8 Å². The van der Waals surface area contributed by atoms with Gasteiger partial charge in [0.25, 0.3) is 0 Å². The largest absolute Gasteiger partial charge is 0.349 e. The maximum Gasteiger partial charge on any atom is 0.230 e. The summed E-state index contributed by atoms with van der Waals surface area (Å²) in [6.07, 6.45) is 7.31. The van der Waals surface area contributed by atoms with Crippen molar-refractivity contribution >= 4 is 29.3 Å². The van der Waals surface area contributed by atoms with E-state index in [4.69, 9.17) is 11.6 Å². The molecule has 0 spiro atoms. The number of amides is 1. The maximum atomic E-state index is 12.6. The molecule has 2 aromatic carbocycles. The van der Waals surface area contributed by atoms with Gasteiger partial charge in [-0.2, -0.15) is 0 Å². The van der Waals surface area contributed by atoms with E-state index in [1.165, 1.54) is 43.9 Å². The first-order chi connectivity index (χ1) is 16.1. The number of carbonyl (C=O) groups excluding carboxylic acids is 1. The minimum atomic E-state index is -0.0371. The molecule has 0 unspecified atom stereocenters. The molecule has 3 aromatic rings. The second kappa shape index (κ2) is 13.4. The smallest absolute Gasteiger partial charge is 0.230 e. The number of benzene rings is 2. The summed E-state index contributed by atoms with van der Waals surface area (Å²) in [5.74, 6) is 1.10. The Hall–Kier alpha value is -2.31. The Labute approximate surface area is 206 Å². The first-order valence-corrected chi connectivity index (χ1v) is 13.1. The quantitative estimate of drug-likeness (QED) is 0.211. The summed E-state index contributed by atoms with van der Waals surface area (Å²) in [7, 11) is 0. The zero-order chi connectivity index (χ0) is 23.5. The van der Waals surface area contributed by atoms with Crippen molar-refractivity contribution in [2.45, 2.75) is 70.1 Å². The normalized spacial score (nSPS) is 12.0. The molecule has 7 heteroatoms. The van der Waals surface area contributed by atoms with Crippen LogP contribution in [0.3, 0.4) is 0 Å². The standard InChI is InChI=1S/C26H33ClN4OS/c1-3-4-5-6-7-11-18-31-25(22-14-16-23(27)17-15-22)29-30-26(31)33-19-24(32)28-20(2)21-12-9-8-10-13-21/h8-10,12-17,20H,3-7,11,18-19H2,1-2H3,(H,28,32)/t20-/m1/s1. The van der Waals surface area contributed by atoms with Crippen molar-refractivity contribution in [2.24, 2.45) is 0 Å². The van der Waals surface area contributed by atoms with E-state index in [0.29, 0.717) is 10.8 Å². The lowest BCUT2D eigenvalue weighted by molar-refractivity contribution is -0.119. The van der Waals surface area contributed by atoms with Crippen LogP contribution in [-0.4, -0.2) is 26.4 Å². The van der Waals surface area contributed by atoms with Crippen LogP contribution in [0.25, 0.3) is 11.4 Å². The number of nitrogens with zero attached hydrogens (tertiary/aromatic N) is 3. The number of rotatable bonds is 13. The highest BCUT2D eigenvalue weighted by Crippen LogP contribution is 2.26. The maximum absolute atomic E-state index is 12.6. The fraction of sp³-hybridized carbons (Fsp3) is 0.423. The highest BCUT2D eigenvalue weighted by Gasteiger charge is 2.16. The number of unbranched alkanes of at least 4 members (excludes halogenated alkanes) is 5. The first kappa shape index (κ1) is 25.3. The summed E-state index contributed by atoms with van der Waals surface area (Å²) in [5, 5.41) is 13.4. The molecule has 5 nitrogen and oxygen atoms in total. The van der Waals surface area contributed by atoms with Crippen molar-refractivity contribution in [3.63, 3.8) is 0 Å². The van der Waals surface area contributed by atoms with Gasteiger partial charge >= 0.3 is 0 Å². The summed E-state index contributed by atoms with van der Waals surface area (Å²) in [6.45, 7) is 5.06. The Morgan fingerprint density at radius 2 is 1.70 bits per heavy atom. The molecule has 1 heterocycles. The van der Waals surface area contributed by atoms with Crippen LogP contribution in [0.15, 0.2) is 59.8 Å². The lowest BCUT2D eigenvalue weighted by Crippen LogP contribution is -2.28. The van der Waals surface area contributed by atoms with E-state index in [9.17, 15) is 4.79 Å². The van der Waals surface area contributed by atoms with Gasteiger partial charge in [0.05, 0.1) is 11.8 Å². The van der Waals surface area contributed by atoms with Gasteiger partial charge < -0.3 is 9.88 Å². The Kier molecular flexibility index (Phi) is 10.3. The Morgan fingerprint density at radius 1 is 1.00 bits per heavy atom.